The molecular formula is C15H20N2O2. The topological polar surface area (TPSA) is 54.4 Å². The van der Waals surface area contributed by atoms with Crippen LogP contribution in [0.1, 0.15) is 12.0 Å². The smallest absolute Gasteiger partial charge is 0.0616 e. The molecule has 0 bridgehead atoms. The van der Waals surface area contributed by atoms with Crippen molar-refractivity contribution in [3.05, 3.63) is 42.2 Å². The molecule has 0 spiro atoms. The summed E-state index contributed by atoms with van der Waals surface area (Å²) >= 11 is 0. The quantitative estimate of drug-likeness (QED) is 0.796. The summed E-state index contributed by atoms with van der Waals surface area (Å²) in [7, 11) is 1.68. The molecule has 0 saturated carbocycles. The van der Waals surface area contributed by atoms with Crippen molar-refractivity contribution in [3.63, 3.8) is 0 Å². The Kier molecular flexibility index (Phi) is 5.27. The third kappa shape index (κ3) is 3.99. The van der Waals surface area contributed by atoms with Gasteiger partial charge in [0.2, 0.25) is 0 Å². The minimum Gasteiger partial charge on any atom is -0.396 e. The number of nitrogens with zero attached hydrogens (tertiary/aromatic N) is 1. The van der Waals surface area contributed by atoms with Crippen LogP contribution in [-0.2, 0) is 11.3 Å². The van der Waals surface area contributed by atoms with E-state index >= 15 is 0 Å². The highest BCUT2D eigenvalue weighted by Crippen LogP contribution is 2.14. The second kappa shape index (κ2) is 7.19. The van der Waals surface area contributed by atoms with Crippen LogP contribution in [0.4, 0.5) is 0 Å². The van der Waals surface area contributed by atoms with E-state index in [1.807, 2.05) is 12.3 Å². The molecule has 0 aliphatic heterocycles. The first-order chi connectivity index (χ1) is 9.33. The fraction of sp³-hybridized carbons (Fsp3) is 0.400. The number of aliphatic hydroxyl groups is 1. The largest absolute Gasteiger partial charge is 0.396 e. The van der Waals surface area contributed by atoms with Crippen LogP contribution in [0.2, 0.25) is 0 Å². The first-order valence-electron chi connectivity index (χ1n) is 6.49. The number of fused-ring (bicyclic) bond motifs is 1. The lowest BCUT2D eigenvalue weighted by Crippen LogP contribution is -2.33. The molecule has 1 aromatic carbocycles. The molecule has 0 amide bonds. The number of hydrogen-bond acceptors (Lipinski definition) is 4. The maximum Gasteiger partial charge on any atom is 0.0616 e. The molecule has 0 radical (unpaired) electrons. The lowest BCUT2D eigenvalue weighted by Gasteiger charge is -2.17. The summed E-state index contributed by atoms with van der Waals surface area (Å²) in [6, 6.07) is 8.53. The fourth-order valence-electron chi connectivity index (χ4n) is 2.11. The maximum absolute atomic E-state index is 9.00. The molecular weight excluding hydrogens is 240 g/mol. The summed E-state index contributed by atoms with van der Waals surface area (Å²) < 4.78 is 5.13. The van der Waals surface area contributed by atoms with Crippen LogP contribution in [0.25, 0.3) is 10.8 Å². The summed E-state index contributed by atoms with van der Waals surface area (Å²) in [6.45, 7) is 1.55. The second-order valence-corrected chi connectivity index (χ2v) is 4.60. The van der Waals surface area contributed by atoms with Gasteiger partial charge in [0, 0.05) is 44.1 Å². The highest BCUT2D eigenvalue weighted by Gasteiger charge is 2.07. The van der Waals surface area contributed by atoms with Gasteiger partial charge in [-0.3, -0.25) is 4.98 Å². The summed E-state index contributed by atoms with van der Waals surface area (Å²) in [5, 5.41) is 14.7. The molecule has 4 nitrogen and oxygen atoms in total. The predicted molar refractivity (Wildman–Crippen MR) is 75.9 cm³/mol. The predicted octanol–water partition coefficient (Wildman–Crippen LogP) is 1.72. The number of ether oxygens (including phenoxy) is 1. The Hall–Kier alpha value is -1.49. The van der Waals surface area contributed by atoms with Crippen LogP contribution in [-0.4, -0.2) is 36.5 Å². The standard InChI is InChI=1S/C15H20N2O2/c1-19-11-15(5-7-18)17-9-12-2-3-14-10-16-6-4-13(14)8-12/h2-4,6,8,10,15,17-18H,5,7,9,11H2,1H3. The Morgan fingerprint density at radius 3 is 3.00 bits per heavy atom. The number of rotatable bonds is 7. The maximum atomic E-state index is 9.00. The molecule has 2 N–H and O–H groups in total. The highest BCUT2D eigenvalue weighted by atomic mass is 16.5. The normalized spacial score (nSPS) is 12.7. The van der Waals surface area contributed by atoms with Gasteiger partial charge < -0.3 is 15.2 Å². The van der Waals surface area contributed by atoms with E-state index in [1.165, 1.54) is 10.9 Å². The number of hydrogen-bond donors (Lipinski definition) is 2. The first-order valence-corrected chi connectivity index (χ1v) is 6.49. The molecule has 1 atom stereocenters. The molecule has 0 saturated heterocycles. The fourth-order valence-corrected chi connectivity index (χ4v) is 2.11. The van der Waals surface area contributed by atoms with Crippen molar-refractivity contribution < 1.29 is 9.84 Å². The Balaban J connectivity index is 2.00. The molecule has 0 aliphatic rings. The number of aromatic nitrogens is 1. The zero-order valence-electron chi connectivity index (χ0n) is 11.2. The van der Waals surface area contributed by atoms with Gasteiger partial charge in [-0.25, -0.2) is 0 Å². The zero-order valence-corrected chi connectivity index (χ0v) is 11.2. The van der Waals surface area contributed by atoms with Gasteiger partial charge in [-0.1, -0.05) is 12.1 Å². The SMILES string of the molecule is COCC(CCO)NCc1ccc2cnccc2c1. The van der Waals surface area contributed by atoms with Crippen molar-refractivity contribution in [2.45, 2.75) is 19.0 Å². The highest BCUT2D eigenvalue weighted by molar-refractivity contribution is 5.81. The number of methoxy groups -OCH3 is 1. The molecule has 2 aromatic rings. The molecule has 2 rings (SSSR count). The van der Waals surface area contributed by atoms with Crippen LogP contribution in [0.15, 0.2) is 36.7 Å². The molecule has 4 heteroatoms. The minimum atomic E-state index is 0.171. The Bertz CT molecular complexity index is 510. The van der Waals surface area contributed by atoms with E-state index in [1.54, 1.807) is 13.3 Å². The summed E-state index contributed by atoms with van der Waals surface area (Å²) in [5.74, 6) is 0. The Morgan fingerprint density at radius 1 is 1.32 bits per heavy atom. The number of aliphatic hydroxyl groups excluding tert-OH is 1. The van der Waals surface area contributed by atoms with Crippen LogP contribution < -0.4 is 5.32 Å². The second-order valence-electron chi connectivity index (χ2n) is 4.60. The van der Waals surface area contributed by atoms with Gasteiger partial charge >= 0.3 is 0 Å². The van der Waals surface area contributed by atoms with Gasteiger partial charge in [-0.15, -0.1) is 0 Å². The lowest BCUT2D eigenvalue weighted by atomic mass is 10.1. The van der Waals surface area contributed by atoms with E-state index in [0.717, 1.165) is 11.9 Å². The molecule has 1 aromatic heterocycles. The van der Waals surface area contributed by atoms with Crippen LogP contribution in [0.5, 0.6) is 0 Å². The monoisotopic (exact) mass is 260 g/mol. The average molecular weight is 260 g/mol. The van der Waals surface area contributed by atoms with E-state index < -0.39 is 0 Å². The third-order valence-corrected chi connectivity index (χ3v) is 3.15. The van der Waals surface area contributed by atoms with E-state index in [9.17, 15) is 0 Å². The van der Waals surface area contributed by atoms with Gasteiger partial charge in [0.15, 0.2) is 0 Å². The van der Waals surface area contributed by atoms with Gasteiger partial charge in [0.1, 0.15) is 0 Å². The molecule has 1 heterocycles. The average Bonchev–Trinajstić information content (AvgIpc) is 2.45. The van der Waals surface area contributed by atoms with Crippen molar-refractivity contribution in [1.82, 2.24) is 10.3 Å². The molecule has 19 heavy (non-hydrogen) atoms. The number of pyridine rings is 1. The molecule has 0 aliphatic carbocycles. The number of nitrogens with one attached hydrogen (secondary N) is 1. The van der Waals surface area contributed by atoms with Crippen molar-refractivity contribution in [3.8, 4) is 0 Å². The van der Waals surface area contributed by atoms with Crippen LogP contribution in [0.3, 0.4) is 0 Å². The van der Waals surface area contributed by atoms with Gasteiger partial charge in [-0.2, -0.15) is 0 Å². The summed E-state index contributed by atoms with van der Waals surface area (Å²) in [4.78, 5) is 4.11. The van der Waals surface area contributed by atoms with Gasteiger partial charge in [0.05, 0.1) is 6.61 Å². The summed E-state index contributed by atoms with van der Waals surface area (Å²) in [5.41, 5.74) is 1.22. The molecule has 102 valence electrons. The lowest BCUT2D eigenvalue weighted by molar-refractivity contribution is 0.148. The van der Waals surface area contributed by atoms with Crippen molar-refractivity contribution in [2.75, 3.05) is 20.3 Å². The van der Waals surface area contributed by atoms with Gasteiger partial charge in [-0.05, 0) is 29.5 Å². The third-order valence-electron chi connectivity index (χ3n) is 3.15. The van der Waals surface area contributed by atoms with Crippen LogP contribution >= 0.6 is 0 Å². The van der Waals surface area contributed by atoms with E-state index in [-0.39, 0.29) is 12.6 Å². The van der Waals surface area contributed by atoms with E-state index in [0.29, 0.717) is 13.0 Å². The molecule has 1 unspecified atom stereocenters. The zero-order chi connectivity index (χ0) is 13.5. The van der Waals surface area contributed by atoms with E-state index in [4.69, 9.17) is 9.84 Å². The number of benzene rings is 1. The van der Waals surface area contributed by atoms with Crippen molar-refractivity contribution >= 4 is 10.8 Å². The Labute approximate surface area is 113 Å². The summed E-state index contributed by atoms with van der Waals surface area (Å²) in [6.07, 6.45) is 4.37. The Morgan fingerprint density at radius 2 is 2.21 bits per heavy atom. The van der Waals surface area contributed by atoms with Gasteiger partial charge in [0.25, 0.3) is 0 Å². The van der Waals surface area contributed by atoms with Crippen LogP contribution in [0, 0.1) is 0 Å². The first kappa shape index (κ1) is 13.9. The molecule has 0 fully saturated rings. The van der Waals surface area contributed by atoms with E-state index in [2.05, 4.69) is 28.5 Å². The van der Waals surface area contributed by atoms with Crippen molar-refractivity contribution in [1.29, 1.82) is 0 Å². The minimum absolute atomic E-state index is 0.171. The van der Waals surface area contributed by atoms with Crippen molar-refractivity contribution in [2.24, 2.45) is 0 Å².